The second kappa shape index (κ2) is 14.3. The maximum atomic E-state index is 12.0. The molecule has 5 heteroatoms. The van der Waals surface area contributed by atoms with Crippen LogP contribution in [0.3, 0.4) is 0 Å². The number of methoxy groups -OCH3 is 1. The van der Waals surface area contributed by atoms with Crippen molar-refractivity contribution in [3.8, 4) is 22.6 Å². The molecule has 0 aliphatic carbocycles. The van der Waals surface area contributed by atoms with Gasteiger partial charge < -0.3 is 9.30 Å². The number of rotatable bonds is 13. The molecule has 0 amide bonds. The summed E-state index contributed by atoms with van der Waals surface area (Å²) >= 11 is 0. The van der Waals surface area contributed by atoms with Crippen LogP contribution in [0.5, 0.6) is 0 Å². The van der Waals surface area contributed by atoms with Crippen molar-refractivity contribution in [2.24, 2.45) is 5.92 Å². The van der Waals surface area contributed by atoms with E-state index in [1.165, 1.54) is 35.1 Å². The fourth-order valence-corrected chi connectivity index (χ4v) is 5.16. The molecule has 216 valence electrons. The van der Waals surface area contributed by atoms with Crippen LogP contribution in [0.25, 0.3) is 22.6 Å². The molecule has 4 aromatic rings. The minimum atomic E-state index is -0.306. The third-order valence-electron chi connectivity index (χ3n) is 7.70. The number of esters is 1. The molecule has 0 bridgehead atoms. The van der Waals surface area contributed by atoms with Crippen LogP contribution in [0.15, 0.2) is 72.8 Å². The average Bonchev–Trinajstić information content (AvgIpc) is 3.32. The van der Waals surface area contributed by atoms with E-state index in [2.05, 4.69) is 92.6 Å². The van der Waals surface area contributed by atoms with Crippen LogP contribution < -0.4 is 0 Å². The Labute approximate surface area is 246 Å². The molecule has 0 N–H and O–H groups in total. The van der Waals surface area contributed by atoms with Crippen molar-refractivity contribution < 1.29 is 9.53 Å². The molecule has 3 aromatic carbocycles. The number of nitrogens with zero attached hydrogens (tertiary/aromatic N) is 3. The van der Waals surface area contributed by atoms with E-state index in [1.54, 1.807) is 0 Å². The quantitative estimate of drug-likeness (QED) is 0.156. The zero-order valence-corrected chi connectivity index (χ0v) is 25.6. The van der Waals surface area contributed by atoms with Crippen LogP contribution in [0.4, 0.5) is 0 Å². The predicted molar refractivity (Wildman–Crippen MR) is 169 cm³/mol. The van der Waals surface area contributed by atoms with Crippen LogP contribution in [-0.2, 0) is 24.4 Å². The van der Waals surface area contributed by atoms with Crippen LogP contribution in [0.1, 0.15) is 72.8 Å². The number of benzene rings is 3. The third kappa shape index (κ3) is 7.74. The van der Waals surface area contributed by atoms with Gasteiger partial charge in [0.15, 0.2) is 0 Å². The fourth-order valence-electron chi connectivity index (χ4n) is 5.16. The van der Waals surface area contributed by atoms with Crippen LogP contribution in [0, 0.1) is 19.8 Å². The van der Waals surface area contributed by atoms with Crippen molar-refractivity contribution in [1.29, 1.82) is 0 Å². The first-order valence-corrected chi connectivity index (χ1v) is 14.9. The largest absolute Gasteiger partial charge is 0.465 e. The number of hydrogen-bond acceptors (Lipinski definition) is 4. The van der Waals surface area contributed by atoms with E-state index in [0.29, 0.717) is 11.5 Å². The highest BCUT2D eigenvalue weighted by atomic mass is 16.5. The second-order valence-corrected chi connectivity index (χ2v) is 11.5. The Kier molecular flexibility index (Phi) is 10.5. The summed E-state index contributed by atoms with van der Waals surface area (Å²) in [6.07, 6.45) is 3.32. The molecule has 0 saturated heterocycles. The monoisotopic (exact) mass is 551 g/mol. The van der Waals surface area contributed by atoms with Crippen LogP contribution in [-0.4, -0.2) is 34.1 Å². The van der Waals surface area contributed by atoms with Gasteiger partial charge in [-0.2, -0.15) is 0 Å². The zero-order valence-electron chi connectivity index (χ0n) is 25.6. The molecule has 0 atom stereocenters. The molecule has 1 heterocycles. The topological polar surface area (TPSA) is 47.4 Å². The van der Waals surface area contributed by atoms with Gasteiger partial charge in [-0.1, -0.05) is 93.4 Å². The molecule has 0 spiro atoms. The standard InChI is InChI=1S/C36H45N3O2/c1-7-8-22-39-33(25-38(23-21-26(2)3)24-29-15-19-31(20-16-29)36(40)41-6)34(30-17-13-27(4)14-18-30)37-35(39)32-12-10-9-11-28(32)5/h9-20,26H,7-8,21-25H2,1-6H3. The Morgan fingerprint density at radius 1 is 0.951 bits per heavy atom. The highest BCUT2D eigenvalue weighted by Crippen LogP contribution is 2.33. The molecule has 0 unspecified atom stereocenters. The molecule has 0 aliphatic heterocycles. The first-order valence-electron chi connectivity index (χ1n) is 14.9. The van der Waals surface area contributed by atoms with E-state index in [9.17, 15) is 4.79 Å². The molecule has 0 saturated carbocycles. The summed E-state index contributed by atoms with van der Waals surface area (Å²) < 4.78 is 7.37. The fraction of sp³-hybridized carbons (Fsp3) is 0.389. The number of aromatic nitrogens is 2. The average molecular weight is 552 g/mol. The Morgan fingerprint density at radius 2 is 1.66 bits per heavy atom. The molecule has 1 aromatic heterocycles. The van der Waals surface area contributed by atoms with E-state index in [0.717, 1.165) is 62.5 Å². The summed E-state index contributed by atoms with van der Waals surface area (Å²) in [5, 5.41) is 0. The lowest BCUT2D eigenvalue weighted by atomic mass is 10.1. The van der Waals surface area contributed by atoms with Gasteiger partial charge in [-0.3, -0.25) is 4.90 Å². The highest BCUT2D eigenvalue weighted by molar-refractivity contribution is 5.89. The van der Waals surface area contributed by atoms with Gasteiger partial charge in [0.25, 0.3) is 0 Å². The number of unbranched alkanes of at least 4 members (excludes halogenated alkanes) is 1. The number of ether oxygens (including phenoxy) is 1. The lowest BCUT2D eigenvalue weighted by molar-refractivity contribution is 0.0600. The van der Waals surface area contributed by atoms with Crippen molar-refractivity contribution in [3.05, 3.63) is 101 Å². The smallest absolute Gasteiger partial charge is 0.337 e. The van der Waals surface area contributed by atoms with E-state index in [-0.39, 0.29) is 5.97 Å². The second-order valence-electron chi connectivity index (χ2n) is 11.5. The predicted octanol–water partition coefficient (Wildman–Crippen LogP) is 8.47. The van der Waals surface area contributed by atoms with Crippen molar-refractivity contribution in [1.82, 2.24) is 14.5 Å². The van der Waals surface area contributed by atoms with E-state index in [1.807, 2.05) is 24.3 Å². The molecule has 5 nitrogen and oxygen atoms in total. The molecule has 0 fully saturated rings. The molecular weight excluding hydrogens is 506 g/mol. The lowest BCUT2D eigenvalue weighted by Gasteiger charge is -2.25. The lowest BCUT2D eigenvalue weighted by Crippen LogP contribution is -2.27. The molecule has 4 rings (SSSR count). The summed E-state index contributed by atoms with van der Waals surface area (Å²) in [4.78, 5) is 19.9. The summed E-state index contributed by atoms with van der Waals surface area (Å²) in [5.74, 6) is 1.34. The maximum absolute atomic E-state index is 12.0. The van der Waals surface area contributed by atoms with Crippen molar-refractivity contribution in [2.75, 3.05) is 13.7 Å². The van der Waals surface area contributed by atoms with Gasteiger partial charge >= 0.3 is 5.97 Å². The molecule has 0 aliphatic rings. The highest BCUT2D eigenvalue weighted by Gasteiger charge is 2.23. The minimum absolute atomic E-state index is 0.306. The van der Waals surface area contributed by atoms with Crippen molar-refractivity contribution >= 4 is 5.97 Å². The number of carbonyl (C=O) groups excluding carboxylic acids is 1. The molecule has 0 radical (unpaired) electrons. The van der Waals surface area contributed by atoms with E-state index < -0.39 is 0 Å². The number of hydrogen-bond donors (Lipinski definition) is 0. The number of carbonyl (C=O) groups is 1. The SMILES string of the molecule is CCCCn1c(-c2ccccc2C)nc(-c2ccc(C)cc2)c1CN(CCC(C)C)Cc1ccc(C(=O)OC)cc1. The Morgan fingerprint density at radius 3 is 2.29 bits per heavy atom. The van der Waals surface area contributed by atoms with Gasteiger partial charge in [0.05, 0.1) is 24.1 Å². The van der Waals surface area contributed by atoms with E-state index in [4.69, 9.17) is 9.72 Å². The van der Waals surface area contributed by atoms with Crippen LogP contribution in [0.2, 0.25) is 0 Å². The minimum Gasteiger partial charge on any atom is -0.465 e. The molecular formula is C36H45N3O2. The molecule has 41 heavy (non-hydrogen) atoms. The first-order chi connectivity index (χ1) is 19.8. The van der Waals surface area contributed by atoms with Crippen LogP contribution >= 0.6 is 0 Å². The summed E-state index contributed by atoms with van der Waals surface area (Å²) in [5.41, 5.74) is 8.90. The Hall–Kier alpha value is -3.70. The summed E-state index contributed by atoms with van der Waals surface area (Å²) in [6, 6.07) is 25.2. The van der Waals surface area contributed by atoms with E-state index >= 15 is 0 Å². The number of aryl methyl sites for hydroxylation is 2. The van der Waals surface area contributed by atoms with Gasteiger partial charge in [-0.15, -0.1) is 0 Å². The van der Waals surface area contributed by atoms with Gasteiger partial charge in [0, 0.05) is 30.8 Å². The van der Waals surface area contributed by atoms with Gasteiger partial charge in [-0.05, 0) is 62.4 Å². The van der Waals surface area contributed by atoms with Gasteiger partial charge in [0.1, 0.15) is 5.82 Å². The summed E-state index contributed by atoms with van der Waals surface area (Å²) in [7, 11) is 1.42. The van der Waals surface area contributed by atoms with Crippen molar-refractivity contribution in [3.63, 3.8) is 0 Å². The van der Waals surface area contributed by atoms with Gasteiger partial charge in [-0.25, -0.2) is 9.78 Å². The first kappa shape index (κ1) is 30.3. The Bertz CT molecular complexity index is 1420. The maximum Gasteiger partial charge on any atom is 0.337 e. The summed E-state index contributed by atoms with van der Waals surface area (Å²) in [6.45, 7) is 14.6. The van der Waals surface area contributed by atoms with Gasteiger partial charge in [0.2, 0.25) is 0 Å². The normalized spacial score (nSPS) is 11.4. The third-order valence-corrected chi connectivity index (χ3v) is 7.70. The number of imidazole rings is 1. The van der Waals surface area contributed by atoms with Crippen molar-refractivity contribution in [2.45, 2.75) is 73.5 Å². The zero-order chi connectivity index (χ0) is 29.4. The Balaban J connectivity index is 1.80.